The van der Waals surface area contributed by atoms with Crippen LogP contribution in [0, 0.1) is 0 Å². The Morgan fingerprint density at radius 1 is 1.33 bits per heavy atom. The Kier molecular flexibility index (Phi) is 5.05. The van der Waals surface area contributed by atoms with E-state index >= 15 is 0 Å². The zero-order chi connectivity index (χ0) is 16.9. The van der Waals surface area contributed by atoms with Gasteiger partial charge in [0.2, 0.25) is 5.91 Å². The lowest BCUT2D eigenvalue weighted by atomic mass is 10.1. The van der Waals surface area contributed by atoms with Crippen LogP contribution in [0.15, 0.2) is 64.3 Å². The summed E-state index contributed by atoms with van der Waals surface area (Å²) in [7, 11) is 0. The number of nitrogens with one attached hydrogen (secondary N) is 1. The van der Waals surface area contributed by atoms with Gasteiger partial charge in [-0.1, -0.05) is 48.2 Å². The number of allylic oxidation sites excluding steroid dienone is 1. The van der Waals surface area contributed by atoms with Crippen LogP contribution in [0.5, 0.6) is 0 Å². The summed E-state index contributed by atoms with van der Waals surface area (Å²) in [6, 6.07) is 13.6. The van der Waals surface area contributed by atoms with Gasteiger partial charge in [-0.15, -0.1) is 5.10 Å². The van der Waals surface area contributed by atoms with Gasteiger partial charge in [-0.2, -0.15) is 0 Å². The first-order valence-electron chi connectivity index (χ1n) is 7.75. The zero-order valence-corrected chi connectivity index (χ0v) is 14.4. The summed E-state index contributed by atoms with van der Waals surface area (Å²) >= 11 is 1.45. The number of hydrogen-bond acceptors (Lipinski definition) is 5. The lowest BCUT2D eigenvalue weighted by molar-refractivity contribution is -0.126. The number of benzene rings is 1. The molecule has 1 fully saturated rings. The number of carbonyl (C=O) groups excluding carboxylic acids is 1. The molecule has 1 aromatic carbocycles. The average molecular weight is 341 g/mol. The maximum Gasteiger partial charge on any atom is 0.242 e. The fraction of sp³-hybridized carbons (Fsp3) is 0.222. The highest BCUT2D eigenvalue weighted by atomic mass is 32.2. The maximum absolute atomic E-state index is 12.4. The van der Waals surface area contributed by atoms with E-state index in [0.29, 0.717) is 11.7 Å². The van der Waals surface area contributed by atoms with Crippen LogP contribution in [-0.4, -0.2) is 21.2 Å². The predicted octanol–water partition coefficient (Wildman–Crippen LogP) is 3.67. The van der Waals surface area contributed by atoms with E-state index in [-0.39, 0.29) is 11.2 Å². The van der Waals surface area contributed by atoms with Crippen LogP contribution in [0.3, 0.4) is 0 Å². The molecule has 1 aliphatic heterocycles. The summed E-state index contributed by atoms with van der Waals surface area (Å²) in [5.74, 6) is 0.777. The molecular weight excluding hydrogens is 322 g/mol. The van der Waals surface area contributed by atoms with Gasteiger partial charge in [0.05, 0.1) is 23.8 Å². The zero-order valence-electron chi connectivity index (χ0n) is 13.6. The van der Waals surface area contributed by atoms with Crippen LogP contribution < -0.4 is 5.43 Å². The van der Waals surface area contributed by atoms with Gasteiger partial charge in [0, 0.05) is 0 Å². The number of amidine groups is 1. The van der Waals surface area contributed by atoms with Gasteiger partial charge >= 0.3 is 0 Å². The minimum atomic E-state index is -0.147. The standard InChI is InChI=1S/C18H19N3O2S/c1-3-16(14-8-5-4-6-9-14)19-20-18-21(17(22)13(2)24-18)12-15-10-7-11-23-15/h3-11,13,19H,12H2,1-2H3/b16-3-,20-18?/t13-/m0/s1. The molecule has 5 nitrogen and oxygen atoms in total. The van der Waals surface area contributed by atoms with E-state index in [2.05, 4.69) is 10.5 Å². The Balaban J connectivity index is 1.78. The fourth-order valence-electron chi connectivity index (χ4n) is 2.40. The third kappa shape index (κ3) is 3.54. The number of thioether (sulfide) groups is 1. The van der Waals surface area contributed by atoms with Crippen LogP contribution >= 0.6 is 11.8 Å². The van der Waals surface area contributed by atoms with Crippen molar-refractivity contribution in [2.75, 3.05) is 0 Å². The van der Waals surface area contributed by atoms with Crippen LogP contribution in [0.1, 0.15) is 25.2 Å². The number of furan rings is 1. The minimum absolute atomic E-state index is 0.0405. The van der Waals surface area contributed by atoms with Gasteiger partial charge in [-0.25, -0.2) is 0 Å². The first-order valence-corrected chi connectivity index (χ1v) is 8.63. The molecule has 1 aliphatic rings. The van der Waals surface area contributed by atoms with E-state index in [9.17, 15) is 4.79 Å². The van der Waals surface area contributed by atoms with Crippen LogP contribution in [0.25, 0.3) is 5.70 Å². The molecule has 0 unspecified atom stereocenters. The van der Waals surface area contributed by atoms with E-state index in [1.807, 2.05) is 62.4 Å². The van der Waals surface area contributed by atoms with Gasteiger partial charge in [-0.05, 0) is 31.5 Å². The Bertz CT molecular complexity index is 754. The quantitative estimate of drug-likeness (QED) is 0.843. The third-order valence-corrected chi connectivity index (χ3v) is 4.74. The Labute approximate surface area is 145 Å². The van der Waals surface area contributed by atoms with Crippen LogP contribution in [0.2, 0.25) is 0 Å². The largest absolute Gasteiger partial charge is 0.467 e. The smallest absolute Gasteiger partial charge is 0.242 e. The number of carbonyl (C=O) groups is 1. The summed E-state index contributed by atoms with van der Waals surface area (Å²) in [4.78, 5) is 14.0. The van der Waals surface area contributed by atoms with E-state index in [0.717, 1.165) is 17.0 Å². The second-order valence-corrected chi connectivity index (χ2v) is 6.65. The molecule has 1 aromatic heterocycles. The molecular formula is C18H19N3O2S. The Morgan fingerprint density at radius 2 is 2.12 bits per heavy atom. The third-order valence-electron chi connectivity index (χ3n) is 3.67. The second kappa shape index (κ2) is 7.40. The van der Waals surface area contributed by atoms with Gasteiger partial charge in [0.15, 0.2) is 5.17 Å². The molecule has 1 amide bonds. The van der Waals surface area contributed by atoms with Crippen molar-refractivity contribution < 1.29 is 9.21 Å². The molecule has 2 heterocycles. The first kappa shape index (κ1) is 16.4. The highest BCUT2D eigenvalue weighted by Crippen LogP contribution is 2.28. The van der Waals surface area contributed by atoms with Crippen molar-refractivity contribution in [1.82, 2.24) is 10.3 Å². The second-order valence-electron chi connectivity index (χ2n) is 5.34. The van der Waals surface area contributed by atoms with Crippen molar-refractivity contribution in [1.29, 1.82) is 0 Å². The van der Waals surface area contributed by atoms with E-state index in [1.54, 1.807) is 11.2 Å². The van der Waals surface area contributed by atoms with Gasteiger partial charge in [-0.3, -0.25) is 15.1 Å². The molecule has 0 bridgehead atoms. The van der Waals surface area contributed by atoms with Gasteiger partial charge in [0.25, 0.3) is 0 Å². The summed E-state index contributed by atoms with van der Waals surface area (Å²) in [5.41, 5.74) is 5.02. The molecule has 0 saturated carbocycles. The number of rotatable bonds is 5. The van der Waals surface area contributed by atoms with Crippen molar-refractivity contribution in [3.8, 4) is 0 Å². The van der Waals surface area contributed by atoms with Crippen molar-refractivity contribution in [2.24, 2.45) is 5.10 Å². The fourth-order valence-corrected chi connectivity index (χ4v) is 3.32. The molecule has 2 aromatic rings. The lowest BCUT2D eigenvalue weighted by Crippen LogP contribution is -2.31. The van der Waals surface area contributed by atoms with Crippen LogP contribution in [-0.2, 0) is 11.3 Å². The summed E-state index contributed by atoms with van der Waals surface area (Å²) in [5, 5.41) is 4.96. The molecule has 6 heteroatoms. The SMILES string of the molecule is C/C=C(\NN=C1S[C@@H](C)C(=O)N1Cc1ccco1)c1ccccc1. The first-order chi connectivity index (χ1) is 11.7. The lowest BCUT2D eigenvalue weighted by Gasteiger charge is -2.15. The minimum Gasteiger partial charge on any atom is -0.467 e. The van der Waals surface area contributed by atoms with E-state index in [4.69, 9.17) is 4.42 Å². The Hall–Kier alpha value is -2.47. The number of nitrogens with zero attached hydrogens (tertiary/aromatic N) is 2. The molecule has 1 saturated heterocycles. The summed E-state index contributed by atoms with van der Waals surface area (Å²) < 4.78 is 5.35. The topological polar surface area (TPSA) is 57.8 Å². The molecule has 124 valence electrons. The van der Waals surface area contributed by atoms with Crippen molar-refractivity contribution in [3.05, 3.63) is 66.1 Å². The monoisotopic (exact) mass is 341 g/mol. The molecule has 1 atom stereocenters. The van der Waals surface area contributed by atoms with Gasteiger partial charge < -0.3 is 4.42 Å². The molecule has 24 heavy (non-hydrogen) atoms. The highest BCUT2D eigenvalue weighted by Gasteiger charge is 2.35. The number of amides is 1. The maximum atomic E-state index is 12.4. The summed E-state index contributed by atoms with van der Waals surface area (Å²) in [6.45, 7) is 4.23. The van der Waals surface area contributed by atoms with E-state index in [1.165, 1.54) is 11.8 Å². The number of hydrogen-bond donors (Lipinski definition) is 1. The van der Waals surface area contributed by atoms with Gasteiger partial charge in [0.1, 0.15) is 5.76 Å². The number of hydrazone groups is 1. The predicted molar refractivity (Wildman–Crippen MR) is 97.0 cm³/mol. The summed E-state index contributed by atoms with van der Waals surface area (Å²) in [6.07, 6.45) is 3.57. The van der Waals surface area contributed by atoms with Crippen LogP contribution in [0.4, 0.5) is 0 Å². The average Bonchev–Trinajstić information content (AvgIpc) is 3.21. The van der Waals surface area contributed by atoms with Crippen molar-refractivity contribution >= 4 is 28.5 Å². The molecule has 0 spiro atoms. The van der Waals surface area contributed by atoms with Crippen molar-refractivity contribution in [2.45, 2.75) is 25.6 Å². The Morgan fingerprint density at radius 3 is 2.79 bits per heavy atom. The highest BCUT2D eigenvalue weighted by molar-refractivity contribution is 8.15. The molecule has 1 N–H and O–H groups in total. The molecule has 0 radical (unpaired) electrons. The normalized spacial score (nSPS) is 20.0. The van der Waals surface area contributed by atoms with Crippen molar-refractivity contribution in [3.63, 3.8) is 0 Å². The molecule has 0 aliphatic carbocycles. The van der Waals surface area contributed by atoms with E-state index < -0.39 is 0 Å². The molecule has 3 rings (SSSR count).